The SMILES string of the molecule is C=C(O)c1ccc(OC)cc1.C=COCc1ccc(OC)cc1. The molecule has 0 aliphatic rings. The molecule has 1 N–H and O–H groups in total. The van der Waals surface area contributed by atoms with Gasteiger partial charge in [-0.2, -0.15) is 0 Å². The highest BCUT2D eigenvalue weighted by molar-refractivity contribution is 5.56. The third-order valence-electron chi connectivity index (χ3n) is 2.95. The predicted octanol–water partition coefficient (Wildman–Crippen LogP) is 4.58. The Morgan fingerprint density at radius 1 is 0.957 bits per heavy atom. The van der Waals surface area contributed by atoms with Gasteiger partial charge in [-0.3, -0.25) is 0 Å². The predicted molar refractivity (Wildman–Crippen MR) is 92.6 cm³/mol. The van der Waals surface area contributed by atoms with Gasteiger partial charge in [0.1, 0.15) is 23.9 Å². The number of rotatable bonds is 6. The number of methoxy groups -OCH3 is 2. The highest BCUT2D eigenvalue weighted by Gasteiger charge is 1.95. The van der Waals surface area contributed by atoms with Crippen LogP contribution < -0.4 is 9.47 Å². The minimum Gasteiger partial charge on any atom is -0.508 e. The molecule has 0 atom stereocenters. The van der Waals surface area contributed by atoms with Crippen LogP contribution in [0.25, 0.3) is 5.76 Å². The summed E-state index contributed by atoms with van der Waals surface area (Å²) in [6, 6.07) is 14.8. The molecule has 122 valence electrons. The van der Waals surface area contributed by atoms with Crippen molar-refractivity contribution in [2.75, 3.05) is 14.2 Å². The molecule has 0 saturated heterocycles. The normalized spacial score (nSPS) is 9.13. The maximum Gasteiger partial charge on any atom is 0.118 e. The third kappa shape index (κ3) is 6.61. The summed E-state index contributed by atoms with van der Waals surface area (Å²) in [6.45, 7) is 7.42. The second-order valence-electron chi connectivity index (χ2n) is 4.50. The van der Waals surface area contributed by atoms with E-state index in [-0.39, 0.29) is 5.76 Å². The number of aliphatic hydroxyl groups excluding tert-OH is 1. The average Bonchev–Trinajstić information content (AvgIpc) is 2.61. The Bertz CT molecular complexity index is 600. The van der Waals surface area contributed by atoms with Crippen LogP contribution in [0, 0.1) is 0 Å². The maximum absolute atomic E-state index is 8.95. The molecule has 0 bridgehead atoms. The van der Waals surface area contributed by atoms with E-state index >= 15 is 0 Å². The Kier molecular flexibility index (Phi) is 7.86. The topological polar surface area (TPSA) is 47.9 Å². The summed E-state index contributed by atoms with van der Waals surface area (Å²) in [5.41, 5.74) is 1.82. The lowest BCUT2D eigenvalue weighted by Crippen LogP contribution is -1.87. The van der Waals surface area contributed by atoms with Crippen LogP contribution in [0.3, 0.4) is 0 Å². The second-order valence-corrected chi connectivity index (χ2v) is 4.50. The van der Waals surface area contributed by atoms with Crippen molar-refractivity contribution >= 4 is 5.76 Å². The smallest absolute Gasteiger partial charge is 0.118 e. The van der Waals surface area contributed by atoms with Gasteiger partial charge in [0.05, 0.1) is 20.5 Å². The van der Waals surface area contributed by atoms with Crippen LogP contribution in [0.5, 0.6) is 11.5 Å². The van der Waals surface area contributed by atoms with E-state index < -0.39 is 0 Å². The molecular weight excluding hydrogens is 292 g/mol. The maximum atomic E-state index is 8.95. The van der Waals surface area contributed by atoms with Gasteiger partial charge in [0.15, 0.2) is 0 Å². The molecule has 0 fully saturated rings. The van der Waals surface area contributed by atoms with E-state index in [1.807, 2.05) is 24.3 Å². The molecule has 0 aliphatic heterocycles. The minimum atomic E-state index is 0.0765. The molecule has 0 unspecified atom stereocenters. The fourth-order valence-electron chi connectivity index (χ4n) is 1.66. The monoisotopic (exact) mass is 314 g/mol. The lowest BCUT2D eigenvalue weighted by Gasteiger charge is -2.02. The number of aliphatic hydroxyl groups is 1. The Morgan fingerprint density at radius 2 is 1.43 bits per heavy atom. The summed E-state index contributed by atoms with van der Waals surface area (Å²) in [5.74, 6) is 1.71. The molecule has 0 aromatic heterocycles. The van der Waals surface area contributed by atoms with Crippen LogP contribution in [0.1, 0.15) is 11.1 Å². The zero-order valence-electron chi connectivity index (χ0n) is 13.5. The molecule has 2 aromatic rings. The summed E-state index contributed by atoms with van der Waals surface area (Å²) in [4.78, 5) is 0. The first-order valence-electron chi connectivity index (χ1n) is 6.98. The first-order chi connectivity index (χ1) is 11.1. The van der Waals surface area contributed by atoms with Crippen molar-refractivity contribution in [3.63, 3.8) is 0 Å². The highest BCUT2D eigenvalue weighted by Crippen LogP contribution is 2.15. The van der Waals surface area contributed by atoms with Gasteiger partial charge >= 0.3 is 0 Å². The van der Waals surface area contributed by atoms with E-state index in [0.29, 0.717) is 12.2 Å². The fourth-order valence-corrected chi connectivity index (χ4v) is 1.66. The summed E-state index contributed by atoms with van der Waals surface area (Å²) in [5, 5.41) is 8.95. The van der Waals surface area contributed by atoms with Gasteiger partial charge in [-0.25, -0.2) is 0 Å². The summed E-state index contributed by atoms with van der Waals surface area (Å²) < 4.78 is 15.0. The lowest BCUT2D eigenvalue weighted by atomic mass is 10.2. The van der Waals surface area contributed by atoms with Crippen LogP contribution in [-0.2, 0) is 11.3 Å². The zero-order chi connectivity index (χ0) is 17.1. The van der Waals surface area contributed by atoms with Crippen molar-refractivity contribution in [1.29, 1.82) is 0 Å². The molecule has 0 amide bonds. The summed E-state index contributed by atoms with van der Waals surface area (Å²) in [7, 11) is 3.25. The lowest BCUT2D eigenvalue weighted by molar-refractivity contribution is 0.237. The highest BCUT2D eigenvalue weighted by atomic mass is 16.5. The molecule has 0 spiro atoms. The molecule has 0 aliphatic carbocycles. The van der Waals surface area contributed by atoms with Gasteiger partial charge < -0.3 is 19.3 Å². The van der Waals surface area contributed by atoms with Gasteiger partial charge in [-0.15, -0.1) is 0 Å². The molecule has 0 saturated carbocycles. The van der Waals surface area contributed by atoms with Crippen LogP contribution in [0.15, 0.2) is 68.0 Å². The molecule has 0 radical (unpaired) electrons. The van der Waals surface area contributed by atoms with Gasteiger partial charge in [0, 0.05) is 5.56 Å². The largest absolute Gasteiger partial charge is 0.508 e. The van der Waals surface area contributed by atoms with E-state index in [0.717, 1.165) is 17.1 Å². The van der Waals surface area contributed by atoms with E-state index in [9.17, 15) is 0 Å². The Hall–Kier alpha value is -2.88. The molecule has 0 heterocycles. The Labute approximate surface area is 137 Å². The standard InChI is InChI=1S/C10H12O2.C9H10O2/c1-3-12-8-9-4-6-10(11-2)7-5-9;1-7(10)8-3-5-9(11-2)6-4-8/h3-7H,1,8H2,2H3;3-6,10H,1H2,2H3. The molecule has 2 aromatic carbocycles. The van der Waals surface area contributed by atoms with Crippen LogP contribution in [-0.4, -0.2) is 19.3 Å². The van der Waals surface area contributed by atoms with Crippen molar-refractivity contribution in [3.8, 4) is 11.5 Å². The van der Waals surface area contributed by atoms with Gasteiger partial charge in [0.2, 0.25) is 0 Å². The Morgan fingerprint density at radius 3 is 1.83 bits per heavy atom. The average molecular weight is 314 g/mol. The Balaban J connectivity index is 0.000000231. The number of hydrogen-bond donors (Lipinski definition) is 1. The number of hydrogen-bond acceptors (Lipinski definition) is 4. The van der Waals surface area contributed by atoms with Crippen molar-refractivity contribution < 1.29 is 19.3 Å². The van der Waals surface area contributed by atoms with Crippen molar-refractivity contribution in [2.45, 2.75) is 6.61 Å². The molecular formula is C19H22O4. The van der Waals surface area contributed by atoms with Crippen LogP contribution in [0.4, 0.5) is 0 Å². The second kappa shape index (κ2) is 9.95. The first kappa shape index (κ1) is 18.2. The van der Waals surface area contributed by atoms with Crippen LogP contribution >= 0.6 is 0 Å². The number of ether oxygens (including phenoxy) is 3. The van der Waals surface area contributed by atoms with Crippen LogP contribution in [0.2, 0.25) is 0 Å². The quantitative estimate of drug-likeness (QED) is 0.793. The molecule has 2 rings (SSSR count). The van der Waals surface area contributed by atoms with Crippen molar-refractivity contribution in [3.05, 3.63) is 79.1 Å². The van der Waals surface area contributed by atoms with Crippen molar-refractivity contribution in [2.24, 2.45) is 0 Å². The number of benzene rings is 2. The van der Waals surface area contributed by atoms with E-state index in [1.54, 1.807) is 38.5 Å². The summed E-state index contributed by atoms with van der Waals surface area (Å²) in [6.07, 6.45) is 1.43. The van der Waals surface area contributed by atoms with E-state index in [4.69, 9.17) is 19.3 Å². The molecule has 23 heavy (non-hydrogen) atoms. The molecule has 4 nitrogen and oxygen atoms in total. The van der Waals surface area contributed by atoms with E-state index in [2.05, 4.69) is 13.2 Å². The molecule has 4 heteroatoms. The summed E-state index contributed by atoms with van der Waals surface area (Å²) >= 11 is 0. The van der Waals surface area contributed by atoms with E-state index in [1.165, 1.54) is 6.26 Å². The zero-order valence-corrected chi connectivity index (χ0v) is 13.5. The third-order valence-corrected chi connectivity index (χ3v) is 2.95. The van der Waals surface area contributed by atoms with Crippen molar-refractivity contribution in [1.82, 2.24) is 0 Å². The fraction of sp³-hybridized carbons (Fsp3) is 0.158. The minimum absolute atomic E-state index is 0.0765. The van der Waals surface area contributed by atoms with Gasteiger partial charge in [-0.05, 0) is 42.0 Å². The van der Waals surface area contributed by atoms with Gasteiger partial charge in [0.25, 0.3) is 0 Å². The van der Waals surface area contributed by atoms with Gasteiger partial charge in [-0.1, -0.05) is 25.3 Å². The first-order valence-corrected chi connectivity index (χ1v) is 6.98.